The number of aryl methyl sites for hydroxylation is 1. The van der Waals surface area contributed by atoms with Crippen molar-refractivity contribution in [3.63, 3.8) is 0 Å². The van der Waals surface area contributed by atoms with Crippen LogP contribution in [0.25, 0.3) is 6.08 Å². The van der Waals surface area contributed by atoms with E-state index in [1.165, 1.54) is 18.2 Å². The standard InChI is InChI=1S/C14H11ClN2O4/c1-8-6-12(21-17-8)16-14(20)10-3-2-9(11(15)7-10)4-5-13(18)19/h2-7H,1H3,(H,16,20)(H,18,19)/b5-4+. The Labute approximate surface area is 125 Å². The summed E-state index contributed by atoms with van der Waals surface area (Å²) in [5.74, 6) is -1.24. The molecule has 1 aromatic heterocycles. The zero-order valence-electron chi connectivity index (χ0n) is 11.0. The maximum Gasteiger partial charge on any atom is 0.328 e. The Morgan fingerprint density at radius 2 is 2.14 bits per heavy atom. The van der Waals surface area contributed by atoms with Gasteiger partial charge in [-0.05, 0) is 30.7 Å². The van der Waals surface area contributed by atoms with E-state index in [1.807, 2.05) is 0 Å². The van der Waals surface area contributed by atoms with Crippen molar-refractivity contribution in [3.05, 3.63) is 52.2 Å². The van der Waals surface area contributed by atoms with Crippen LogP contribution in [0.15, 0.2) is 34.9 Å². The number of nitrogens with one attached hydrogen (secondary N) is 1. The van der Waals surface area contributed by atoms with Gasteiger partial charge in [-0.3, -0.25) is 10.1 Å². The van der Waals surface area contributed by atoms with Crippen molar-refractivity contribution in [1.29, 1.82) is 0 Å². The Hall–Kier alpha value is -2.60. The highest BCUT2D eigenvalue weighted by Gasteiger charge is 2.10. The number of aromatic nitrogens is 1. The third-order valence-corrected chi connectivity index (χ3v) is 2.86. The minimum absolute atomic E-state index is 0.239. The molecule has 0 atom stereocenters. The number of carboxylic acids is 1. The van der Waals surface area contributed by atoms with Crippen LogP contribution in [0.2, 0.25) is 5.02 Å². The summed E-state index contributed by atoms with van der Waals surface area (Å²) in [6.07, 6.45) is 2.32. The fourth-order valence-electron chi connectivity index (χ4n) is 1.57. The van der Waals surface area contributed by atoms with Crippen LogP contribution in [0.4, 0.5) is 5.88 Å². The molecular formula is C14H11ClN2O4. The molecule has 0 spiro atoms. The molecule has 2 rings (SSSR count). The monoisotopic (exact) mass is 306 g/mol. The predicted octanol–water partition coefficient (Wildman–Crippen LogP) is 2.99. The van der Waals surface area contributed by atoms with Gasteiger partial charge in [0.15, 0.2) is 0 Å². The molecule has 1 heterocycles. The van der Waals surface area contributed by atoms with E-state index in [4.69, 9.17) is 21.2 Å². The number of carboxylic acid groups (broad SMARTS) is 1. The average Bonchev–Trinajstić information content (AvgIpc) is 2.82. The summed E-state index contributed by atoms with van der Waals surface area (Å²) >= 11 is 6.00. The van der Waals surface area contributed by atoms with Crippen molar-refractivity contribution in [3.8, 4) is 0 Å². The van der Waals surface area contributed by atoms with Crippen LogP contribution in [0.5, 0.6) is 0 Å². The minimum Gasteiger partial charge on any atom is -0.478 e. The van der Waals surface area contributed by atoms with Crippen LogP contribution in [0.3, 0.4) is 0 Å². The molecule has 0 aliphatic rings. The van der Waals surface area contributed by atoms with Crippen molar-refractivity contribution < 1.29 is 19.2 Å². The Kier molecular flexibility index (Phi) is 4.39. The summed E-state index contributed by atoms with van der Waals surface area (Å²) in [7, 11) is 0. The number of carbonyl (C=O) groups is 2. The number of aliphatic carboxylic acids is 1. The van der Waals surface area contributed by atoms with Crippen LogP contribution in [0.1, 0.15) is 21.6 Å². The third-order valence-electron chi connectivity index (χ3n) is 2.53. The number of rotatable bonds is 4. The van der Waals surface area contributed by atoms with Crippen LogP contribution >= 0.6 is 11.6 Å². The second-order valence-electron chi connectivity index (χ2n) is 4.19. The molecule has 108 valence electrons. The van der Waals surface area contributed by atoms with Gasteiger partial charge in [-0.15, -0.1) is 0 Å². The second kappa shape index (κ2) is 6.23. The van der Waals surface area contributed by atoms with Crippen molar-refractivity contribution in [1.82, 2.24) is 5.16 Å². The summed E-state index contributed by atoms with van der Waals surface area (Å²) in [5.41, 5.74) is 1.48. The summed E-state index contributed by atoms with van der Waals surface area (Å²) in [6.45, 7) is 1.74. The van der Waals surface area contributed by atoms with Gasteiger partial charge < -0.3 is 9.63 Å². The first kappa shape index (κ1) is 14.8. The van der Waals surface area contributed by atoms with E-state index in [2.05, 4.69) is 10.5 Å². The highest BCUT2D eigenvalue weighted by atomic mass is 35.5. The molecule has 7 heteroatoms. The van der Waals surface area contributed by atoms with E-state index < -0.39 is 11.9 Å². The van der Waals surface area contributed by atoms with Gasteiger partial charge in [0.1, 0.15) is 0 Å². The highest BCUT2D eigenvalue weighted by Crippen LogP contribution is 2.20. The first-order chi connectivity index (χ1) is 9.95. The molecule has 0 saturated carbocycles. The van der Waals surface area contributed by atoms with Crippen molar-refractivity contribution in [2.75, 3.05) is 5.32 Å². The first-order valence-corrected chi connectivity index (χ1v) is 6.29. The maximum absolute atomic E-state index is 12.0. The molecule has 0 unspecified atom stereocenters. The fraction of sp³-hybridized carbons (Fsp3) is 0.0714. The van der Waals surface area contributed by atoms with E-state index >= 15 is 0 Å². The number of halogens is 1. The molecule has 21 heavy (non-hydrogen) atoms. The summed E-state index contributed by atoms with van der Waals surface area (Å²) in [4.78, 5) is 22.4. The van der Waals surface area contributed by atoms with E-state index in [-0.39, 0.29) is 10.9 Å². The maximum atomic E-state index is 12.0. The number of anilines is 1. The van der Waals surface area contributed by atoms with Gasteiger partial charge in [0.2, 0.25) is 5.88 Å². The number of benzene rings is 1. The Morgan fingerprint density at radius 3 is 2.71 bits per heavy atom. The van der Waals surface area contributed by atoms with E-state index in [9.17, 15) is 9.59 Å². The Morgan fingerprint density at radius 1 is 1.38 bits per heavy atom. The van der Waals surface area contributed by atoms with E-state index in [0.29, 0.717) is 16.8 Å². The predicted molar refractivity (Wildman–Crippen MR) is 77.3 cm³/mol. The first-order valence-electron chi connectivity index (χ1n) is 5.91. The average molecular weight is 307 g/mol. The summed E-state index contributed by atoms with van der Waals surface area (Å²) in [6, 6.07) is 6.12. The number of hydrogen-bond donors (Lipinski definition) is 2. The molecule has 1 amide bonds. The van der Waals surface area contributed by atoms with E-state index in [0.717, 1.165) is 6.08 Å². The van der Waals surface area contributed by atoms with Gasteiger partial charge in [-0.2, -0.15) is 0 Å². The van der Waals surface area contributed by atoms with E-state index in [1.54, 1.807) is 19.1 Å². The molecule has 0 fully saturated rings. The van der Waals surface area contributed by atoms with Crippen LogP contribution in [-0.2, 0) is 4.79 Å². The van der Waals surface area contributed by atoms with Crippen LogP contribution < -0.4 is 5.32 Å². The van der Waals surface area contributed by atoms with Crippen molar-refractivity contribution in [2.45, 2.75) is 6.92 Å². The smallest absolute Gasteiger partial charge is 0.328 e. The molecule has 2 aromatic rings. The van der Waals surface area contributed by atoms with Gasteiger partial charge in [0.25, 0.3) is 5.91 Å². The zero-order valence-corrected chi connectivity index (χ0v) is 11.7. The second-order valence-corrected chi connectivity index (χ2v) is 4.60. The highest BCUT2D eigenvalue weighted by molar-refractivity contribution is 6.32. The fourth-order valence-corrected chi connectivity index (χ4v) is 1.81. The summed E-state index contributed by atoms with van der Waals surface area (Å²) < 4.78 is 4.88. The van der Waals surface area contributed by atoms with Gasteiger partial charge in [0.05, 0.1) is 5.69 Å². The number of amides is 1. The van der Waals surface area contributed by atoms with Crippen molar-refractivity contribution >= 4 is 35.4 Å². The lowest BCUT2D eigenvalue weighted by molar-refractivity contribution is -0.131. The Bertz CT molecular complexity index is 722. The van der Waals surface area contributed by atoms with Gasteiger partial charge in [0, 0.05) is 22.7 Å². The minimum atomic E-state index is -1.08. The van der Waals surface area contributed by atoms with Crippen molar-refractivity contribution in [2.24, 2.45) is 0 Å². The van der Waals surface area contributed by atoms with Crippen LogP contribution in [0, 0.1) is 6.92 Å². The van der Waals surface area contributed by atoms with Crippen LogP contribution in [-0.4, -0.2) is 22.1 Å². The Balaban J connectivity index is 2.15. The molecular weight excluding hydrogens is 296 g/mol. The summed E-state index contributed by atoms with van der Waals surface area (Å²) in [5, 5.41) is 15.0. The topological polar surface area (TPSA) is 92.4 Å². The third kappa shape index (κ3) is 3.93. The lowest BCUT2D eigenvalue weighted by Gasteiger charge is -2.04. The van der Waals surface area contributed by atoms with Gasteiger partial charge in [-0.1, -0.05) is 22.8 Å². The molecule has 0 bridgehead atoms. The quantitative estimate of drug-likeness (QED) is 0.847. The SMILES string of the molecule is Cc1cc(NC(=O)c2ccc(/C=C/C(=O)O)c(Cl)c2)on1. The molecule has 0 aliphatic carbocycles. The largest absolute Gasteiger partial charge is 0.478 e. The molecule has 0 aliphatic heterocycles. The van der Waals surface area contributed by atoms with Gasteiger partial charge in [-0.25, -0.2) is 4.79 Å². The normalized spacial score (nSPS) is 10.8. The molecule has 0 saturated heterocycles. The number of nitrogens with zero attached hydrogens (tertiary/aromatic N) is 1. The molecule has 0 radical (unpaired) electrons. The molecule has 1 aromatic carbocycles. The lowest BCUT2D eigenvalue weighted by atomic mass is 10.1. The number of hydrogen-bond acceptors (Lipinski definition) is 4. The number of carbonyl (C=O) groups excluding carboxylic acids is 1. The molecule has 6 nitrogen and oxygen atoms in total. The molecule has 2 N–H and O–H groups in total. The lowest BCUT2D eigenvalue weighted by Crippen LogP contribution is -2.11. The zero-order chi connectivity index (χ0) is 15.4. The van der Waals surface area contributed by atoms with Gasteiger partial charge >= 0.3 is 5.97 Å².